The molecule has 0 amide bonds. The van der Waals surface area contributed by atoms with Gasteiger partial charge in [-0.05, 0) is 60.7 Å². The van der Waals surface area contributed by atoms with Crippen LogP contribution in [0.15, 0.2) is 60.7 Å². The molecule has 0 spiro atoms. The summed E-state index contributed by atoms with van der Waals surface area (Å²) in [6.07, 6.45) is 0. The van der Waals surface area contributed by atoms with E-state index in [4.69, 9.17) is 10.00 Å². The molecule has 0 unspecified atom stereocenters. The summed E-state index contributed by atoms with van der Waals surface area (Å²) >= 11 is 0. The zero-order valence-electron chi connectivity index (χ0n) is 14.9. The monoisotopic (exact) mass is 369 g/mol. The molecule has 0 radical (unpaired) electrons. The second-order valence-corrected chi connectivity index (χ2v) is 5.73. The molecule has 0 aliphatic heterocycles. The lowest BCUT2D eigenvalue weighted by Crippen LogP contribution is -1.87. The number of hydrogen-bond donors (Lipinski definition) is 0. The minimum absolute atomic E-state index is 0.0588. The Balaban J connectivity index is 1.79. The fourth-order valence-corrected chi connectivity index (χ4v) is 2.34. The van der Waals surface area contributed by atoms with Crippen LogP contribution in [0.4, 0.5) is 8.78 Å². The Bertz CT molecular complexity index is 1180. The number of nitrogens with zero attached hydrogens (tertiary/aromatic N) is 1. The number of nitriles is 1. The predicted octanol–water partition coefficient (Wildman–Crippen LogP) is 4.64. The average molecular weight is 369 g/mol. The molecule has 0 aliphatic carbocycles. The van der Waals surface area contributed by atoms with Crippen molar-refractivity contribution in [2.45, 2.75) is 0 Å². The third kappa shape index (κ3) is 4.55. The molecule has 3 rings (SSSR count). The summed E-state index contributed by atoms with van der Waals surface area (Å²) in [7, 11) is 1.59. The highest BCUT2D eigenvalue weighted by Gasteiger charge is 2.02. The smallest absolute Gasteiger partial charge is 0.142 e. The summed E-state index contributed by atoms with van der Waals surface area (Å²) in [5, 5.41) is 8.73. The molecule has 134 valence electrons. The van der Waals surface area contributed by atoms with Gasteiger partial charge in [-0.15, -0.1) is 0 Å². The van der Waals surface area contributed by atoms with E-state index in [9.17, 15) is 8.78 Å². The van der Waals surface area contributed by atoms with Gasteiger partial charge in [0.05, 0.1) is 18.2 Å². The fraction of sp³-hybridized carbons (Fsp3) is 0.0417. The van der Waals surface area contributed by atoms with Gasteiger partial charge in [-0.3, -0.25) is 0 Å². The maximum atomic E-state index is 14.3. The summed E-state index contributed by atoms with van der Waals surface area (Å²) in [4.78, 5) is 0. The predicted molar refractivity (Wildman–Crippen MR) is 102 cm³/mol. The number of rotatable bonds is 1. The lowest BCUT2D eigenvalue weighted by molar-refractivity contribution is 0.415. The van der Waals surface area contributed by atoms with E-state index in [0.717, 1.165) is 17.4 Å². The van der Waals surface area contributed by atoms with Crippen molar-refractivity contribution in [1.82, 2.24) is 0 Å². The summed E-state index contributed by atoms with van der Waals surface area (Å²) in [6.45, 7) is 0. The third-order valence-electron chi connectivity index (χ3n) is 3.84. The minimum Gasteiger partial charge on any atom is -0.497 e. The quantitative estimate of drug-likeness (QED) is 0.585. The molecule has 0 N–H and O–H groups in total. The summed E-state index contributed by atoms with van der Waals surface area (Å²) in [5.41, 5.74) is 1.78. The minimum atomic E-state index is -0.654. The van der Waals surface area contributed by atoms with Crippen molar-refractivity contribution in [2.75, 3.05) is 7.11 Å². The first-order valence-electron chi connectivity index (χ1n) is 8.26. The van der Waals surface area contributed by atoms with Crippen LogP contribution in [-0.4, -0.2) is 7.11 Å². The number of hydrogen-bond acceptors (Lipinski definition) is 2. The van der Waals surface area contributed by atoms with E-state index < -0.39 is 11.6 Å². The van der Waals surface area contributed by atoms with Gasteiger partial charge in [-0.2, -0.15) is 5.26 Å². The normalized spacial score (nSPS) is 9.36. The van der Waals surface area contributed by atoms with Crippen LogP contribution in [0.25, 0.3) is 0 Å². The van der Waals surface area contributed by atoms with Crippen LogP contribution in [-0.2, 0) is 0 Å². The maximum Gasteiger partial charge on any atom is 0.142 e. The number of ether oxygens (including phenoxy) is 1. The Hall–Kier alpha value is -4.07. The third-order valence-corrected chi connectivity index (χ3v) is 3.84. The second kappa shape index (κ2) is 8.54. The van der Waals surface area contributed by atoms with Crippen LogP contribution in [0.5, 0.6) is 5.75 Å². The summed E-state index contributed by atoms with van der Waals surface area (Å²) in [5.74, 6) is 10.8. The van der Waals surface area contributed by atoms with Crippen molar-refractivity contribution < 1.29 is 13.5 Å². The molecule has 0 saturated carbocycles. The first-order chi connectivity index (χ1) is 13.6. The SMILES string of the molecule is COc1ccc(C#Cc2ccc(C#Cc3ccc(C#N)c(F)c3)c(F)c2)cc1. The highest BCUT2D eigenvalue weighted by Crippen LogP contribution is 2.13. The topological polar surface area (TPSA) is 33.0 Å². The van der Waals surface area contributed by atoms with Crippen molar-refractivity contribution >= 4 is 0 Å². The fourth-order valence-electron chi connectivity index (χ4n) is 2.34. The highest BCUT2D eigenvalue weighted by molar-refractivity contribution is 5.49. The van der Waals surface area contributed by atoms with Crippen LogP contribution in [0.2, 0.25) is 0 Å². The van der Waals surface area contributed by atoms with Gasteiger partial charge < -0.3 is 4.74 Å². The van der Waals surface area contributed by atoms with Crippen LogP contribution in [0.1, 0.15) is 27.8 Å². The molecule has 28 heavy (non-hydrogen) atoms. The van der Waals surface area contributed by atoms with E-state index in [0.29, 0.717) is 11.1 Å². The maximum absolute atomic E-state index is 14.3. The van der Waals surface area contributed by atoms with Gasteiger partial charge in [0.25, 0.3) is 0 Å². The lowest BCUT2D eigenvalue weighted by atomic mass is 10.1. The molecule has 0 bridgehead atoms. The van der Waals surface area contributed by atoms with Crippen LogP contribution in [0, 0.1) is 46.6 Å². The van der Waals surface area contributed by atoms with Crippen LogP contribution >= 0.6 is 0 Å². The molecule has 4 heteroatoms. The molecule has 3 aromatic rings. The van der Waals surface area contributed by atoms with Crippen molar-refractivity contribution in [1.29, 1.82) is 5.26 Å². The first-order valence-corrected chi connectivity index (χ1v) is 8.26. The molecular formula is C24H13F2NO. The molecule has 0 fully saturated rings. The van der Waals surface area contributed by atoms with Gasteiger partial charge in [-0.25, -0.2) is 8.78 Å². The van der Waals surface area contributed by atoms with Gasteiger partial charge in [0, 0.05) is 16.7 Å². The van der Waals surface area contributed by atoms with Crippen molar-refractivity contribution in [2.24, 2.45) is 0 Å². The van der Waals surface area contributed by atoms with E-state index in [-0.39, 0.29) is 11.1 Å². The van der Waals surface area contributed by atoms with E-state index in [1.165, 1.54) is 24.3 Å². The molecule has 3 aromatic carbocycles. The van der Waals surface area contributed by atoms with Gasteiger partial charge in [0.2, 0.25) is 0 Å². The van der Waals surface area contributed by atoms with Crippen molar-refractivity contribution in [3.8, 4) is 35.5 Å². The zero-order chi connectivity index (χ0) is 19.9. The molecule has 0 aromatic heterocycles. The van der Waals surface area contributed by atoms with E-state index in [1.807, 2.05) is 12.1 Å². The summed E-state index contributed by atoms with van der Waals surface area (Å²) < 4.78 is 32.9. The molecule has 0 saturated heterocycles. The van der Waals surface area contributed by atoms with Gasteiger partial charge in [0.1, 0.15) is 23.5 Å². The van der Waals surface area contributed by atoms with E-state index in [1.54, 1.807) is 31.4 Å². The van der Waals surface area contributed by atoms with Crippen molar-refractivity contribution in [3.05, 3.63) is 100 Å². The van der Waals surface area contributed by atoms with Gasteiger partial charge in [0.15, 0.2) is 0 Å². The first kappa shape index (κ1) is 18.7. The van der Waals surface area contributed by atoms with Crippen LogP contribution < -0.4 is 4.74 Å². The number of methoxy groups -OCH3 is 1. The van der Waals surface area contributed by atoms with Gasteiger partial charge >= 0.3 is 0 Å². The Kier molecular flexibility index (Phi) is 5.71. The molecule has 0 heterocycles. The molecule has 2 nitrogen and oxygen atoms in total. The Morgan fingerprint density at radius 3 is 1.71 bits per heavy atom. The average Bonchev–Trinajstić information content (AvgIpc) is 2.72. The highest BCUT2D eigenvalue weighted by atomic mass is 19.1. The Labute approximate surface area is 162 Å². The molecular weight excluding hydrogens is 356 g/mol. The Morgan fingerprint density at radius 2 is 1.18 bits per heavy atom. The lowest BCUT2D eigenvalue weighted by Gasteiger charge is -1.98. The number of benzene rings is 3. The van der Waals surface area contributed by atoms with Crippen molar-refractivity contribution in [3.63, 3.8) is 0 Å². The van der Waals surface area contributed by atoms with E-state index in [2.05, 4.69) is 23.7 Å². The van der Waals surface area contributed by atoms with Gasteiger partial charge in [-0.1, -0.05) is 23.7 Å². The number of halogens is 2. The second-order valence-electron chi connectivity index (χ2n) is 5.73. The zero-order valence-corrected chi connectivity index (χ0v) is 14.9. The standard InChI is InChI=1S/C24H13F2NO/c1-28-22-12-7-17(8-13-22)2-3-18-4-9-20(23(25)14-18)10-5-19-6-11-21(16-27)24(26)15-19/h4,6-9,11-15H,1H3. The van der Waals surface area contributed by atoms with Crippen LogP contribution in [0.3, 0.4) is 0 Å². The summed E-state index contributed by atoms with van der Waals surface area (Å²) in [6, 6.07) is 17.5. The largest absolute Gasteiger partial charge is 0.497 e. The Morgan fingerprint density at radius 1 is 0.679 bits per heavy atom. The molecule has 0 atom stereocenters. The molecule has 0 aliphatic rings. The van der Waals surface area contributed by atoms with E-state index >= 15 is 0 Å².